The molecule has 1 aliphatic rings. The number of rotatable bonds is 5. The van der Waals surface area contributed by atoms with E-state index in [0.717, 1.165) is 6.20 Å². The molecule has 2 heterocycles. The summed E-state index contributed by atoms with van der Waals surface area (Å²) < 4.78 is 60.7. The highest BCUT2D eigenvalue weighted by Gasteiger charge is 2.50. The van der Waals surface area contributed by atoms with Crippen LogP contribution in [-0.2, 0) is 10.0 Å². The molecule has 0 radical (unpaired) electrons. The van der Waals surface area contributed by atoms with Crippen molar-refractivity contribution in [2.24, 2.45) is 5.92 Å². The van der Waals surface area contributed by atoms with Gasteiger partial charge < -0.3 is 5.32 Å². The molecule has 0 aromatic carbocycles. The number of alkyl halides is 3. The number of halogens is 3. The summed E-state index contributed by atoms with van der Waals surface area (Å²) in [5.41, 5.74) is -4.84. The molecule has 0 spiro atoms. The maximum atomic E-state index is 12.5. The molecule has 1 N–H and O–H groups in total. The Bertz CT molecular complexity index is 746. The van der Waals surface area contributed by atoms with E-state index in [9.17, 15) is 31.7 Å². The summed E-state index contributed by atoms with van der Waals surface area (Å²) in [7, 11) is -5.27. The topological polar surface area (TPSA) is 105 Å². The number of anilines is 1. The quantitative estimate of drug-likeness (QED) is 0.619. The molecular formula is C13H17F3N4O4S. The number of nitro groups is 1. The summed E-state index contributed by atoms with van der Waals surface area (Å²) in [6.45, 7) is 1.66. The molecule has 0 saturated carbocycles. The van der Waals surface area contributed by atoms with Crippen LogP contribution in [-0.4, -0.2) is 47.8 Å². The van der Waals surface area contributed by atoms with Crippen LogP contribution in [0, 0.1) is 23.0 Å². The molecule has 0 aliphatic carbocycles. The first kappa shape index (κ1) is 19.4. The van der Waals surface area contributed by atoms with E-state index >= 15 is 0 Å². The Kier molecular flexibility index (Phi) is 5.52. The Labute approximate surface area is 142 Å². The second kappa shape index (κ2) is 7.12. The van der Waals surface area contributed by atoms with E-state index in [1.807, 2.05) is 0 Å². The summed E-state index contributed by atoms with van der Waals surface area (Å²) in [6, 6.07) is 1.37. The smallest absolute Gasteiger partial charge is 0.370 e. The predicted octanol–water partition coefficient (Wildman–Crippen LogP) is 2.27. The zero-order valence-corrected chi connectivity index (χ0v) is 14.1. The lowest BCUT2D eigenvalue weighted by Crippen LogP contribution is -2.45. The molecule has 2 rings (SSSR count). The molecule has 1 aromatic rings. The fourth-order valence-electron chi connectivity index (χ4n) is 2.59. The van der Waals surface area contributed by atoms with Crippen LogP contribution in [0.5, 0.6) is 0 Å². The Morgan fingerprint density at radius 3 is 2.48 bits per heavy atom. The van der Waals surface area contributed by atoms with Gasteiger partial charge in [-0.3, -0.25) is 10.1 Å². The normalized spacial score (nSPS) is 17.4. The lowest BCUT2D eigenvalue weighted by molar-refractivity contribution is -0.385. The van der Waals surface area contributed by atoms with Gasteiger partial charge in [0.15, 0.2) is 0 Å². The van der Waals surface area contributed by atoms with Gasteiger partial charge in [0.2, 0.25) is 0 Å². The fraction of sp³-hybridized carbons (Fsp3) is 0.615. The van der Waals surface area contributed by atoms with Gasteiger partial charge in [-0.25, -0.2) is 13.4 Å². The van der Waals surface area contributed by atoms with Crippen LogP contribution in [0.25, 0.3) is 0 Å². The molecule has 140 valence electrons. The van der Waals surface area contributed by atoms with Crippen molar-refractivity contribution in [1.29, 1.82) is 0 Å². The van der Waals surface area contributed by atoms with Crippen LogP contribution >= 0.6 is 0 Å². The van der Waals surface area contributed by atoms with Gasteiger partial charge in [0.05, 0.1) is 4.92 Å². The number of nitrogens with one attached hydrogen (secondary N) is 1. The van der Waals surface area contributed by atoms with Crippen LogP contribution in [0.3, 0.4) is 0 Å². The van der Waals surface area contributed by atoms with E-state index in [1.165, 1.54) is 6.07 Å². The summed E-state index contributed by atoms with van der Waals surface area (Å²) in [4.78, 5) is 14.1. The number of hydrogen-bond donors (Lipinski definition) is 1. The van der Waals surface area contributed by atoms with Crippen molar-refractivity contribution in [2.45, 2.75) is 25.3 Å². The average molecular weight is 382 g/mol. The minimum atomic E-state index is -5.28. The third-order valence-corrected chi connectivity index (χ3v) is 5.67. The monoisotopic (exact) mass is 382 g/mol. The van der Waals surface area contributed by atoms with Crippen LogP contribution in [0.2, 0.25) is 0 Å². The number of piperidine rings is 1. The largest absolute Gasteiger partial charge is 0.511 e. The van der Waals surface area contributed by atoms with Crippen molar-refractivity contribution < 1.29 is 26.5 Å². The molecule has 8 nitrogen and oxygen atoms in total. The van der Waals surface area contributed by atoms with Gasteiger partial charge in [-0.1, -0.05) is 0 Å². The van der Waals surface area contributed by atoms with Crippen molar-refractivity contribution in [3.8, 4) is 0 Å². The van der Waals surface area contributed by atoms with Gasteiger partial charge in [-0.2, -0.15) is 17.5 Å². The van der Waals surface area contributed by atoms with E-state index in [0.29, 0.717) is 22.2 Å². The van der Waals surface area contributed by atoms with Gasteiger partial charge in [-0.15, -0.1) is 0 Å². The summed E-state index contributed by atoms with van der Waals surface area (Å²) >= 11 is 0. The van der Waals surface area contributed by atoms with Crippen LogP contribution < -0.4 is 5.32 Å². The summed E-state index contributed by atoms with van der Waals surface area (Å²) in [5.74, 6) is 0.437. The first-order chi connectivity index (χ1) is 11.5. The Morgan fingerprint density at radius 2 is 2.00 bits per heavy atom. The number of aryl methyl sites for hydroxylation is 1. The van der Waals surface area contributed by atoms with Gasteiger partial charge in [0, 0.05) is 25.7 Å². The molecule has 1 aromatic heterocycles. The molecule has 1 fully saturated rings. The fourth-order valence-corrected chi connectivity index (χ4v) is 3.57. The van der Waals surface area contributed by atoms with Gasteiger partial charge in [0.1, 0.15) is 12.0 Å². The third-order valence-electron chi connectivity index (χ3n) is 4.04. The lowest BCUT2D eigenvalue weighted by Gasteiger charge is -2.31. The standard InChI is InChI=1S/C13H17F3N4O4S/c1-9-6-11(20(21)22)8-18-12(9)17-7-10-2-4-19(5-3-10)25(23,24)13(14,15)16/h6,8,10H,2-5,7H2,1H3,(H,17,18). The first-order valence-corrected chi connectivity index (χ1v) is 8.87. The second-order valence-electron chi connectivity index (χ2n) is 5.79. The number of aromatic nitrogens is 1. The van der Waals surface area contributed by atoms with E-state index in [1.54, 1.807) is 6.92 Å². The average Bonchev–Trinajstić information content (AvgIpc) is 2.53. The van der Waals surface area contributed by atoms with E-state index in [2.05, 4.69) is 10.3 Å². The predicted molar refractivity (Wildman–Crippen MR) is 83.4 cm³/mol. The number of nitrogens with zero attached hydrogens (tertiary/aromatic N) is 3. The van der Waals surface area contributed by atoms with Crippen molar-refractivity contribution in [2.75, 3.05) is 25.0 Å². The van der Waals surface area contributed by atoms with E-state index in [4.69, 9.17) is 0 Å². The molecule has 12 heteroatoms. The van der Waals surface area contributed by atoms with Crippen molar-refractivity contribution in [1.82, 2.24) is 9.29 Å². The van der Waals surface area contributed by atoms with Crippen molar-refractivity contribution >= 4 is 21.5 Å². The highest BCUT2D eigenvalue weighted by molar-refractivity contribution is 7.90. The third kappa shape index (κ3) is 4.37. The van der Waals surface area contributed by atoms with Crippen molar-refractivity contribution in [3.63, 3.8) is 0 Å². The Balaban J connectivity index is 1.90. The Morgan fingerprint density at radius 1 is 1.40 bits per heavy atom. The van der Waals surface area contributed by atoms with Gasteiger partial charge in [0.25, 0.3) is 5.69 Å². The van der Waals surface area contributed by atoms with E-state index in [-0.39, 0.29) is 37.5 Å². The molecule has 0 atom stereocenters. The van der Waals surface area contributed by atoms with Gasteiger partial charge >= 0.3 is 15.5 Å². The SMILES string of the molecule is Cc1cc([N+](=O)[O-])cnc1NCC1CCN(S(=O)(=O)C(F)(F)F)CC1. The highest BCUT2D eigenvalue weighted by atomic mass is 32.2. The number of sulfonamides is 1. The number of hydrogen-bond acceptors (Lipinski definition) is 6. The van der Waals surface area contributed by atoms with Crippen LogP contribution in [0.4, 0.5) is 24.7 Å². The zero-order chi connectivity index (χ0) is 18.8. The number of pyridine rings is 1. The summed E-state index contributed by atoms with van der Waals surface area (Å²) in [5, 5.41) is 13.7. The minimum absolute atomic E-state index is 0.0175. The molecule has 1 aliphatic heterocycles. The minimum Gasteiger partial charge on any atom is -0.370 e. The van der Waals surface area contributed by atoms with E-state index < -0.39 is 20.5 Å². The van der Waals surface area contributed by atoms with Crippen LogP contribution in [0.15, 0.2) is 12.3 Å². The van der Waals surface area contributed by atoms with Crippen molar-refractivity contribution in [3.05, 3.63) is 27.9 Å². The van der Waals surface area contributed by atoms with Gasteiger partial charge in [-0.05, 0) is 31.2 Å². The maximum absolute atomic E-state index is 12.5. The molecule has 1 saturated heterocycles. The molecule has 25 heavy (non-hydrogen) atoms. The van der Waals surface area contributed by atoms with Crippen LogP contribution in [0.1, 0.15) is 18.4 Å². The lowest BCUT2D eigenvalue weighted by atomic mass is 9.98. The molecule has 0 unspecified atom stereocenters. The first-order valence-electron chi connectivity index (χ1n) is 7.43. The second-order valence-corrected chi connectivity index (χ2v) is 7.72. The molecule has 0 amide bonds. The molecular weight excluding hydrogens is 365 g/mol. The Hall–Kier alpha value is -1.95. The maximum Gasteiger partial charge on any atom is 0.511 e. The highest BCUT2D eigenvalue weighted by Crippen LogP contribution is 2.30. The summed E-state index contributed by atoms with van der Waals surface area (Å²) in [6.07, 6.45) is 1.69. The molecule has 0 bridgehead atoms. The zero-order valence-electron chi connectivity index (χ0n) is 13.3.